The van der Waals surface area contributed by atoms with Crippen molar-refractivity contribution in [1.82, 2.24) is 9.62 Å². The molecule has 1 saturated carbocycles. The highest BCUT2D eigenvalue weighted by molar-refractivity contribution is 7.98. The molecular weight excluding hydrogens is 468 g/mol. The summed E-state index contributed by atoms with van der Waals surface area (Å²) in [4.78, 5) is 12.9. The summed E-state index contributed by atoms with van der Waals surface area (Å²) in [5, 5.41) is 3.47. The molecule has 0 aliphatic heterocycles. The van der Waals surface area contributed by atoms with Crippen molar-refractivity contribution in [3.05, 3.63) is 87.5 Å². The van der Waals surface area contributed by atoms with E-state index in [1.807, 2.05) is 0 Å². The van der Waals surface area contributed by atoms with Crippen LogP contribution in [-0.4, -0.2) is 30.7 Å². The number of nitrogens with zero attached hydrogens (tertiary/aromatic N) is 1. The summed E-state index contributed by atoms with van der Waals surface area (Å²) in [5.41, 5.74) is 2.07. The minimum Gasteiger partial charge on any atom is -0.495 e. The van der Waals surface area contributed by atoms with E-state index in [0.717, 1.165) is 12.0 Å². The zero-order valence-corrected chi connectivity index (χ0v) is 20.4. The zero-order valence-electron chi connectivity index (χ0n) is 18.8. The third-order valence-corrected chi connectivity index (χ3v) is 6.64. The average molecular weight is 494 g/mol. The largest absolute Gasteiger partial charge is 0.495 e. The molecule has 5 nitrogen and oxygen atoms in total. The smallest absolute Gasteiger partial charge is 0.215 e. The standard InChI is InChI=1S/C24H26ClF2N3O2S/c1-5-21(32-4)23(24(30(3)13-31)28-20-9-6-14(2)10-19(20)27)29-33-22-12-17(22)16-8-7-15(25)11-18(16)26/h5-11,13,17,22,28-29H,12H2,1-4H3/b21-5+,24-23+. The van der Waals surface area contributed by atoms with Crippen LogP contribution in [0.4, 0.5) is 14.5 Å². The molecule has 0 spiro atoms. The Morgan fingerprint density at radius 2 is 2.00 bits per heavy atom. The maximum atomic E-state index is 14.5. The van der Waals surface area contributed by atoms with Crippen LogP contribution in [0.3, 0.4) is 0 Å². The highest BCUT2D eigenvalue weighted by atomic mass is 35.5. The number of ether oxygens (including phenoxy) is 1. The lowest BCUT2D eigenvalue weighted by molar-refractivity contribution is -0.115. The first kappa shape index (κ1) is 24.9. The average Bonchev–Trinajstić information content (AvgIpc) is 3.55. The third-order valence-electron chi connectivity index (χ3n) is 5.26. The third kappa shape index (κ3) is 6.00. The minimum atomic E-state index is -0.446. The normalized spacial score (nSPS) is 18.3. The van der Waals surface area contributed by atoms with Gasteiger partial charge < -0.3 is 19.7 Å². The van der Waals surface area contributed by atoms with Gasteiger partial charge in [-0.05, 0) is 73.7 Å². The number of amides is 1. The maximum Gasteiger partial charge on any atom is 0.215 e. The van der Waals surface area contributed by atoms with Crippen LogP contribution in [0.5, 0.6) is 0 Å². The van der Waals surface area contributed by atoms with E-state index in [1.165, 1.54) is 36.1 Å². The van der Waals surface area contributed by atoms with Crippen molar-refractivity contribution in [2.45, 2.75) is 31.4 Å². The van der Waals surface area contributed by atoms with Crippen molar-refractivity contribution in [1.29, 1.82) is 0 Å². The zero-order chi connectivity index (χ0) is 24.1. The molecule has 2 atom stereocenters. The Morgan fingerprint density at radius 1 is 1.24 bits per heavy atom. The van der Waals surface area contributed by atoms with E-state index in [0.29, 0.717) is 34.3 Å². The molecule has 1 fully saturated rings. The SMILES string of the molecule is C/C=C(OC)\C(NSC1CC1c1ccc(Cl)cc1F)=C(\Nc1ccc(C)cc1F)N(C)C=O. The van der Waals surface area contributed by atoms with Crippen LogP contribution in [0, 0.1) is 18.6 Å². The summed E-state index contributed by atoms with van der Waals surface area (Å²) < 4.78 is 37.6. The Bertz CT molecular complexity index is 1090. The van der Waals surface area contributed by atoms with E-state index in [9.17, 15) is 13.6 Å². The van der Waals surface area contributed by atoms with Crippen molar-refractivity contribution in [2.24, 2.45) is 0 Å². The first-order valence-electron chi connectivity index (χ1n) is 10.3. The van der Waals surface area contributed by atoms with Crippen molar-refractivity contribution < 1.29 is 18.3 Å². The van der Waals surface area contributed by atoms with Crippen molar-refractivity contribution in [3.63, 3.8) is 0 Å². The number of hydrogen-bond acceptors (Lipinski definition) is 5. The van der Waals surface area contributed by atoms with Crippen LogP contribution in [0.25, 0.3) is 0 Å². The van der Waals surface area contributed by atoms with Gasteiger partial charge in [0.1, 0.15) is 28.9 Å². The van der Waals surface area contributed by atoms with Crippen LogP contribution in [0.15, 0.2) is 59.8 Å². The number of rotatable bonds is 10. The van der Waals surface area contributed by atoms with Gasteiger partial charge in [-0.1, -0.05) is 23.7 Å². The van der Waals surface area contributed by atoms with Gasteiger partial charge in [0.15, 0.2) is 0 Å². The van der Waals surface area contributed by atoms with E-state index < -0.39 is 5.82 Å². The van der Waals surface area contributed by atoms with Gasteiger partial charge in [0.05, 0.1) is 12.8 Å². The predicted octanol–water partition coefficient (Wildman–Crippen LogP) is 5.94. The molecule has 1 amide bonds. The van der Waals surface area contributed by atoms with Crippen molar-refractivity contribution in [3.8, 4) is 0 Å². The Hall–Kier alpha value is -2.71. The van der Waals surface area contributed by atoms with Crippen LogP contribution < -0.4 is 10.0 Å². The number of carbonyl (C=O) groups is 1. The molecule has 2 aromatic carbocycles. The van der Waals surface area contributed by atoms with Crippen molar-refractivity contribution in [2.75, 3.05) is 19.5 Å². The molecular formula is C24H26ClF2N3O2S. The number of halogens is 3. The molecule has 1 aliphatic rings. The van der Waals surface area contributed by atoms with Gasteiger partial charge in [-0.15, -0.1) is 0 Å². The molecule has 2 aromatic rings. The number of hydrogen-bond donors (Lipinski definition) is 2. The second-order valence-corrected chi connectivity index (χ2v) is 9.15. The molecule has 0 radical (unpaired) electrons. The lowest BCUT2D eigenvalue weighted by Crippen LogP contribution is -2.28. The molecule has 33 heavy (non-hydrogen) atoms. The molecule has 1 aliphatic carbocycles. The summed E-state index contributed by atoms with van der Waals surface area (Å²) in [7, 11) is 3.06. The number of carbonyl (C=O) groups excluding carboxylic acids is 1. The fourth-order valence-corrected chi connectivity index (χ4v) is 4.61. The first-order chi connectivity index (χ1) is 15.8. The fourth-order valence-electron chi connectivity index (χ4n) is 3.37. The quantitative estimate of drug-likeness (QED) is 0.186. The lowest BCUT2D eigenvalue weighted by atomic mass is 10.1. The maximum absolute atomic E-state index is 14.5. The molecule has 2 N–H and O–H groups in total. The Balaban J connectivity index is 1.87. The van der Waals surface area contributed by atoms with E-state index in [2.05, 4.69) is 10.0 Å². The number of aryl methyl sites for hydroxylation is 1. The van der Waals surface area contributed by atoms with E-state index >= 15 is 0 Å². The van der Waals surface area contributed by atoms with Gasteiger partial charge in [-0.2, -0.15) is 0 Å². The summed E-state index contributed by atoms with van der Waals surface area (Å²) in [6.07, 6.45) is 3.13. The minimum absolute atomic E-state index is 0.0346. The monoisotopic (exact) mass is 493 g/mol. The molecule has 0 bridgehead atoms. The highest BCUT2D eigenvalue weighted by Crippen LogP contribution is 2.49. The van der Waals surface area contributed by atoms with Crippen LogP contribution >= 0.6 is 23.5 Å². The number of nitrogens with one attached hydrogen (secondary N) is 2. The molecule has 0 saturated heterocycles. The summed E-state index contributed by atoms with van der Waals surface area (Å²) in [6, 6.07) is 9.49. The van der Waals surface area contributed by atoms with Gasteiger partial charge in [-0.3, -0.25) is 4.79 Å². The summed E-state index contributed by atoms with van der Waals surface area (Å²) in [5.74, 6) is 0.0348. The second kappa shape index (κ2) is 10.9. The number of methoxy groups -OCH3 is 1. The molecule has 3 rings (SSSR count). The molecule has 176 valence electrons. The van der Waals surface area contributed by atoms with E-state index in [-0.39, 0.29) is 22.7 Å². The predicted molar refractivity (Wildman–Crippen MR) is 130 cm³/mol. The molecule has 0 aromatic heterocycles. The van der Waals surface area contributed by atoms with Gasteiger partial charge in [0.25, 0.3) is 0 Å². The van der Waals surface area contributed by atoms with Crippen LogP contribution in [-0.2, 0) is 9.53 Å². The first-order valence-corrected chi connectivity index (χ1v) is 11.6. The Labute approximate surface area is 202 Å². The Kier molecular flexibility index (Phi) is 8.26. The number of anilines is 1. The van der Waals surface area contributed by atoms with Gasteiger partial charge >= 0.3 is 0 Å². The summed E-state index contributed by atoms with van der Waals surface area (Å²) >= 11 is 7.26. The number of allylic oxidation sites excluding steroid dienone is 1. The molecule has 9 heteroatoms. The topological polar surface area (TPSA) is 53.6 Å². The van der Waals surface area contributed by atoms with E-state index in [4.69, 9.17) is 16.3 Å². The highest BCUT2D eigenvalue weighted by Gasteiger charge is 2.41. The van der Waals surface area contributed by atoms with Crippen LogP contribution in [0.1, 0.15) is 30.4 Å². The van der Waals surface area contributed by atoms with Crippen LogP contribution in [0.2, 0.25) is 5.02 Å². The fraction of sp³-hybridized carbons (Fsp3) is 0.292. The second-order valence-electron chi connectivity index (χ2n) is 7.67. The van der Waals surface area contributed by atoms with Gasteiger partial charge in [0.2, 0.25) is 6.41 Å². The lowest BCUT2D eigenvalue weighted by Gasteiger charge is -2.24. The van der Waals surface area contributed by atoms with Gasteiger partial charge in [0, 0.05) is 23.2 Å². The Morgan fingerprint density at radius 3 is 2.61 bits per heavy atom. The molecule has 2 unspecified atom stereocenters. The number of benzene rings is 2. The summed E-state index contributed by atoms with van der Waals surface area (Å²) in [6.45, 7) is 3.59. The van der Waals surface area contributed by atoms with Gasteiger partial charge in [-0.25, -0.2) is 8.78 Å². The van der Waals surface area contributed by atoms with Crippen molar-refractivity contribution >= 4 is 35.6 Å². The molecule has 0 heterocycles. The van der Waals surface area contributed by atoms with E-state index in [1.54, 1.807) is 51.2 Å².